The van der Waals surface area contributed by atoms with Gasteiger partial charge in [-0.25, -0.2) is 4.98 Å². The largest absolute Gasteiger partial charge is 0.310 e. The SMILES string of the molecule is CC(C)C(NCC(=O)Nc1ccc(Cl)cn1)c1ccccc1. The number of amides is 1. The molecule has 1 atom stereocenters. The van der Waals surface area contributed by atoms with Gasteiger partial charge in [-0.2, -0.15) is 0 Å². The Morgan fingerprint density at radius 3 is 2.50 bits per heavy atom. The van der Waals surface area contributed by atoms with Crippen LogP contribution >= 0.6 is 11.6 Å². The van der Waals surface area contributed by atoms with Gasteiger partial charge in [0.1, 0.15) is 5.82 Å². The molecule has 0 saturated heterocycles. The summed E-state index contributed by atoms with van der Waals surface area (Å²) in [5.74, 6) is 0.747. The third kappa shape index (κ3) is 4.83. The van der Waals surface area contributed by atoms with Crippen molar-refractivity contribution < 1.29 is 4.79 Å². The molecule has 1 heterocycles. The van der Waals surface area contributed by atoms with E-state index in [1.165, 1.54) is 11.8 Å². The van der Waals surface area contributed by atoms with Crippen molar-refractivity contribution in [2.75, 3.05) is 11.9 Å². The zero-order valence-corrected chi connectivity index (χ0v) is 13.5. The summed E-state index contributed by atoms with van der Waals surface area (Å²) in [6.07, 6.45) is 1.51. The number of halogens is 1. The third-order valence-corrected chi connectivity index (χ3v) is 3.53. The topological polar surface area (TPSA) is 54.0 Å². The van der Waals surface area contributed by atoms with Crippen LogP contribution in [0.3, 0.4) is 0 Å². The van der Waals surface area contributed by atoms with Crippen LogP contribution in [-0.2, 0) is 4.79 Å². The second kappa shape index (κ2) is 7.92. The van der Waals surface area contributed by atoms with Crippen molar-refractivity contribution >= 4 is 23.3 Å². The average molecular weight is 318 g/mol. The van der Waals surface area contributed by atoms with Gasteiger partial charge in [-0.05, 0) is 23.6 Å². The smallest absolute Gasteiger partial charge is 0.239 e. The summed E-state index contributed by atoms with van der Waals surface area (Å²) in [4.78, 5) is 16.1. The highest BCUT2D eigenvalue weighted by Crippen LogP contribution is 2.20. The summed E-state index contributed by atoms with van der Waals surface area (Å²) in [6, 6.07) is 13.6. The second-order valence-electron chi connectivity index (χ2n) is 5.42. The highest BCUT2D eigenvalue weighted by molar-refractivity contribution is 6.30. The molecular weight excluding hydrogens is 298 g/mol. The molecule has 1 aromatic heterocycles. The molecule has 0 radical (unpaired) electrons. The van der Waals surface area contributed by atoms with E-state index in [1.54, 1.807) is 12.1 Å². The molecule has 2 N–H and O–H groups in total. The first kappa shape index (κ1) is 16.5. The number of pyridine rings is 1. The van der Waals surface area contributed by atoms with E-state index >= 15 is 0 Å². The molecule has 22 heavy (non-hydrogen) atoms. The second-order valence-corrected chi connectivity index (χ2v) is 5.86. The van der Waals surface area contributed by atoms with Gasteiger partial charge in [-0.15, -0.1) is 0 Å². The number of hydrogen-bond acceptors (Lipinski definition) is 3. The van der Waals surface area contributed by atoms with Crippen LogP contribution in [0.25, 0.3) is 0 Å². The number of carbonyl (C=O) groups excluding carboxylic acids is 1. The number of hydrogen-bond donors (Lipinski definition) is 2. The van der Waals surface area contributed by atoms with Crippen molar-refractivity contribution in [3.63, 3.8) is 0 Å². The molecule has 0 spiro atoms. The van der Waals surface area contributed by atoms with E-state index in [-0.39, 0.29) is 18.5 Å². The Kier molecular flexibility index (Phi) is 5.92. The summed E-state index contributed by atoms with van der Waals surface area (Å²) in [5, 5.41) is 6.59. The third-order valence-electron chi connectivity index (χ3n) is 3.30. The monoisotopic (exact) mass is 317 g/mol. The first-order chi connectivity index (χ1) is 10.6. The van der Waals surface area contributed by atoms with Crippen LogP contribution < -0.4 is 10.6 Å². The van der Waals surface area contributed by atoms with Crippen molar-refractivity contribution in [3.8, 4) is 0 Å². The predicted molar refractivity (Wildman–Crippen MR) is 89.9 cm³/mol. The summed E-state index contributed by atoms with van der Waals surface area (Å²) in [7, 11) is 0. The number of nitrogens with zero attached hydrogens (tertiary/aromatic N) is 1. The highest BCUT2D eigenvalue weighted by Gasteiger charge is 2.16. The van der Waals surface area contributed by atoms with Crippen LogP contribution in [0.2, 0.25) is 5.02 Å². The number of anilines is 1. The molecule has 2 aromatic rings. The predicted octanol–water partition coefficient (Wildman–Crippen LogP) is 3.66. The Morgan fingerprint density at radius 2 is 1.91 bits per heavy atom. The van der Waals surface area contributed by atoms with Crippen LogP contribution in [0, 0.1) is 5.92 Å². The molecule has 4 nitrogen and oxygen atoms in total. The summed E-state index contributed by atoms with van der Waals surface area (Å²) in [5.41, 5.74) is 1.18. The van der Waals surface area contributed by atoms with E-state index in [0.29, 0.717) is 16.8 Å². The minimum Gasteiger partial charge on any atom is -0.310 e. The van der Waals surface area contributed by atoms with Crippen molar-refractivity contribution in [2.24, 2.45) is 5.92 Å². The van der Waals surface area contributed by atoms with Crippen LogP contribution in [0.4, 0.5) is 5.82 Å². The first-order valence-electron chi connectivity index (χ1n) is 7.26. The van der Waals surface area contributed by atoms with Gasteiger partial charge >= 0.3 is 0 Å². The maximum absolute atomic E-state index is 12.0. The lowest BCUT2D eigenvalue weighted by molar-refractivity contribution is -0.115. The zero-order valence-electron chi connectivity index (χ0n) is 12.7. The molecule has 1 unspecified atom stereocenters. The molecule has 2 rings (SSSR count). The Morgan fingerprint density at radius 1 is 1.18 bits per heavy atom. The van der Waals surface area contributed by atoms with Gasteiger partial charge in [0.25, 0.3) is 0 Å². The molecule has 5 heteroatoms. The number of carbonyl (C=O) groups is 1. The van der Waals surface area contributed by atoms with Gasteiger partial charge < -0.3 is 10.6 Å². The highest BCUT2D eigenvalue weighted by atomic mass is 35.5. The molecule has 0 aliphatic rings. The van der Waals surface area contributed by atoms with E-state index in [0.717, 1.165) is 0 Å². The molecule has 116 valence electrons. The average Bonchev–Trinajstić information content (AvgIpc) is 2.50. The Bertz CT molecular complexity index is 599. The summed E-state index contributed by atoms with van der Waals surface area (Å²) < 4.78 is 0. The number of benzene rings is 1. The Balaban J connectivity index is 1.92. The molecule has 0 fully saturated rings. The number of rotatable bonds is 6. The first-order valence-corrected chi connectivity index (χ1v) is 7.64. The molecule has 0 bridgehead atoms. The standard InChI is InChI=1S/C17H20ClN3O/c1-12(2)17(13-6-4-3-5-7-13)20-11-16(22)21-15-9-8-14(18)10-19-15/h3-10,12,17,20H,11H2,1-2H3,(H,19,21,22). The minimum absolute atomic E-state index is 0.128. The van der Waals surface area contributed by atoms with Crippen molar-refractivity contribution in [3.05, 3.63) is 59.2 Å². The summed E-state index contributed by atoms with van der Waals surface area (Å²) >= 11 is 5.77. The van der Waals surface area contributed by atoms with Gasteiger partial charge in [-0.1, -0.05) is 55.8 Å². The lowest BCUT2D eigenvalue weighted by Gasteiger charge is -2.22. The van der Waals surface area contributed by atoms with Gasteiger partial charge in [0.2, 0.25) is 5.91 Å². The molecule has 1 aromatic carbocycles. The minimum atomic E-state index is -0.128. The van der Waals surface area contributed by atoms with Crippen LogP contribution in [0.15, 0.2) is 48.7 Å². The fraction of sp³-hybridized carbons (Fsp3) is 0.294. The molecule has 0 aliphatic carbocycles. The lowest BCUT2D eigenvalue weighted by Crippen LogP contribution is -2.33. The van der Waals surface area contributed by atoms with E-state index in [1.807, 2.05) is 18.2 Å². The van der Waals surface area contributed by atoms with E-state index < -0.39 is 0 Å². The molecule has 0 aliphatic heterocycles. The number of nitrogens with one attached hydrogen (secondary N) is 2. The fourth-order valence-corrected chi connectivity index (χ4v) is 2.35. The molecule has 1 amide bonds. The van der Waals surface area contributed by atoms with Crippen LogP contribution in [0.1, 0.15) is 25.5 Å². The Hall–Kier alpha value is -1.91. The quantitative estimate of drug-likeness (QED) is 0.855. The van der Waals surface area contributed by atoms with E-state index in [2.05, 4.69) is 41.6 Å². The fourth-order valence-electron chi connectivity index (χ4n) is 2.24. The molecule has 0 saturated carbocycles. The normalized spacial score (nSPS) is 12.2. The maximum atomic E-state index is 12.0. The van der Waals surface area contributed by atoms with Crippen molar-refractivity contribution in [1.82, 2.24) is 10.3 Å². The summed E-state index contributed by atoms with van der Waals surface area (Å²) in [6.45, 7) is 4.48. The van der Waals surface area contributed by atoms with E-state index in [9.17, 15) is 4.79 Å². The van der Waals surface area contributed by atoms with Crippen molar-refractivity contribution in [1.29, 1.82) is 0 Å². The van der Waals surface area contributed by atoms with Gasteiger partial charge in [0.05, 0.1) is 11.6 Å². The molecular formula is C17H20ClN3O. The zero-order chi connectivity index (χ0) is 15.9. The Labute approximate surface area is 135 Å². The van der Waals surface area contributed by atoms with E-state index in [4.69, 9.17) is 11.6 Å². The van der Waals surface area contributed by atoms with Gasteiger partial charge in [0, 0.05) is 12.2 Å². The van der Waals surface area contributed by atoms with Gasteiger partial charge in [-0.3, -0.25) is 4.79 Å². The lowest BCUT2D eigenvalue weighted by atomic mass is 9.96. The van der Waals surface area contributed by atoms with Gasteiger partial charge in [0.15, 0.2) is 0 Å². The van der Waals surface area contributed by atoms with Crippen LogP contribution in [0.5, 0.6) is 0 Å². The number of aromatic nitrogens is 1. The maximum Gasteiger partial charge on any atom is 0.239 e. The van der Waals surface area contributed by atoms with Crippen molar-refractivity contribution in [2.45, 2.75) is 19.9 Å². The van der Waals surface area contributed by atoms with Crippen LogP contribution in [-0.4, -0.2) is 17.4 Å².